The van der Waals surface area contributed by atoms with E-state index >= 15 is 0 Å². The predicted molar refractivity (Wildman–Crippen MR) is 145 cm³/mol. The Labute approximate surface area is 219 Å². The van der Waals surface area contributed by atoms with E-state index in [-0.39, 0.29) is 25.0 Å². The fourth-order valence-electron chi connectivity index (χ4n) is 5.12. The molecule has 0 aliphatic carbocycles. The molecular weight excluding hydrogens is 484 g/mol. The molecule has 0 spiro atoms. The Hall–Kier alpha value is -4.46. The van der Waals surface area contributed by atoms with Crippen molar-refractivity contribution in [2.24, 2.45) is 7.05 Å². The Bertz CT molecular complexity index is 1740. The third-order valence-electron chi connectivity index (χ3n) is 6.88. The molecule has 11 nitrogen and oxygen atoms in total. The van der Waals surface area contributed by atoms with Crippen LogP contribution >= 0.6 is 0 Å². The molecule has 0 bridgehead atoms. The predicted octanol–water partition coefficient (Wildman–Crippen LogP) is 1.32. The summed E-state index contributed by atoms with van der Waals surface area (Å²) < 4.78 is 4.32. The summed E-state index contributed by atoms with van der Waals surface area (Å²) in [5.74, 6) is 6.78. The quantitative estimate of drug-likeness (QED) is 0.399. The van der Waals surface area contributed by atoms with Crippen LogP contribution in [0.25, 0.3) is 22.1 Å². The number of para-hydroxylation sites is 1. The SMILES string of the molecule is CC#CCn1c(N2CCC[C@H](NC(C)=O)C2)nc2c1c(=O)n(Cc1nc(C)c3ccccc3n1)c(=O)n2C. The van der Waals surface area contributed by atoms with Crippen molar-refractivity contribution in [3.63, 3.8) is 0 Å². The largest absolute Gasteiger partial charge is 0.352 e. The van der Waals surface area contributed by atoms with E-state index in [1.807, 2.05) is 36.1 Å². The van der Waals surface area contributed by atoms with Gasteiger partial charge in [0, 0.05) is 44.2 Å². The minimum absolute atomic E-state index is 0.0273. The normalized spacial score (nSPS) is 15.5. The molecular formula is C27H30N8O3. The van der Waals surface area contributed by atoms with Crippen LogP contribution in [-0.2, 0) is 24.9 Å². The van der Waals surface area contributed by atoms with E-state index in [1.54, 1.807) is 18.5 Å². The van der Waals surface area contributed by atoms with Gasteiger partial charge in [-0.25, -0.2) is 14.8 Å². The minimum Gasteiger partial charge on any atom is -0.352 e. The lowest BCUT2D eigenvalue weighted by molar-refractivity contribution is -0.119. The average molecular weight is 515 g/mol. The Morgan fingerprint density at radius 2 is 1.95 bits per heavy atom. The van der Waals surface area contributed by atoms with E-state index in [0.29, 0.717) is 36.0 Å². The van der Waals surface area contributed by atoms with Crippen LogP contribution in [0.5, 0.6) is 0 Å². The fourth-order valence-corrected chi connectivity index (χ4v) is 5.12. The van der Waals surface area contributed by atoms with Gasteiger partial charge >= 0.3 is 5.69 Å². The van der Waals surface area contributed by atoms with E-state index in [9.17, 15) is 14.4 Å². The standard InChI is InChI=1S/C27H30N8O3/c1-5-6-14-34-23-24(31-26(34)33-13-9-10-19(15-33)29-18(3)36)32(4)27(38)35(25(23)37)16-22-28-17(2)20-11-7-8-12-21(20)30-22/h7-8,11-12,19H,9-10,13-16H2,1-4H3,(H,29,36)/t19-/m0/s1. The first-order valence-electron chi connectivity index (χ1n) is 12.6. The number of fused-ring (bicyclic) bond motifs is 2. The van der Waals surface area contributed by atoms with Crippen molar-refractivity contribution in [2.75, 3.05) is 18.0 Å². The summed E-state index contributed by atoms with van der Waals surface area (Å²) in [7, 11) is 1.61. The molecule has 1 N–H and O–H groups in total. The van der Waals surface area contributed by atoms with Crippen LogP contribution < -0.4 is 21.5 Å². The van der Waals surface area contributed by atoms with E-state index < -0.39 is 11.2 Å². The lowest BCUT2D eigenvalue weighted by atomic mass is 10.1. The van der Waals surface area contributed by atoms with E-state index in [2.05, 4.69) is 27.1 Å². The van der Waals surface area contributed by atoms with Gasteiger partial charge in [-0.15, -0.1) is 5.92 Å². The van der Waals surface area contributed by atoms with Crippen molar-refractivity contribution in [3.05, 3.63) is 56.6 Å². The van der Waals surface area contributed by atoms with Crippen molar-refractivity contribution in [1.82, 2.24) is 34.0 Å². The summed E-state index contributed by atoms with van der Waals surface area (Å²) in [5, 5.41) is 3.91. The Morgan fingerprint density at radius 1 is 1.16 bits per heavy atom. The molecule has 3 aromatic heterocycles. The lowest BCUT2D eigenvalue weighted by Gasteiger charge is -2.33. The number of carbonyl (C=O) groups is 1. The summed E-state index contributed by atoms with van der Waals surface area (Å²) in [4.78, 5) is 54.8. The zero-order valence-corrected chi connectivity index (χ0v) is 22.0. The van der Waals surface area contributed by atoms with Gasteiger partial charge in [-0.2, -0.15) is 4.98 Å². The molecule has 0 saturated carbocycles. The molecule has 1 amide bonds. The van der Waals surface area contributed by atoms with Gasteiger partial charge in [0.2, 0.25) is 11.9 Å². The number of benzene rings is 1. The van der Waals surface area contributed by atoms with Gasteiger partial charge in [-0.3, -0.25) is 23.3 Å². The number of amides is 1. The van der Waals surface area contributed by atoms with Gasteiger partial charge < -0.3 is 10.2 Å². The number of aromatic nitrogens is 6. The number of imidazole rings is 1. The molecule has 1 saturated heterocycles. The van der Waals surface area contributed by atoms with Crippen LogP contribution in [0, 0.1) is 18.8 Å². The van der Waals surface area contributed by atoms with Crippen LogP contribution in [0.1, 0.15) is 38.2 Å². The molecule has 11 heteroatoms. The van der Waals surface area contributed by atoms with Crippen molar-refractivity contribution in [1.29, 1.82) is 0 Å². The summed E-state index contributed by atoms with van der Waals surface area (Å²) >= 11 is 0. The lowest BCUT2D eigenvalue weighted by Crippen LogP contribution is -2.48. The van der Waals surface area contributed by atoms with Gasteiger partial charge in [-0.1, -0.05) is 24.1 Å². The highest BCUT2D eigenvalue weighted by Crippen LogP contribution is 2.23. The maximum Gasteiger partial charge on any atom is 0.332 e. The molecule has 4 aromatic rings. The summed E-state index contributed by atoms with van der Waals surface area (Å²) in [6.45, 7) is 6.56. The number of nitrogens with zero attached hydrogens (tertiary/aromatic N) is 7. The first-order valence-corrected chi connectivity index (χ1v) is 12.6. The van der Waals surface area contributed by atoms with Gasteiger partial charge in [0.05, 0.1) is 18.6 Å². The average Bonchev–Trinajstić information content (AvgIpc) is 3.28. The minimum atomic E-state index is -0.496. The van der Waals surface area contributed by atoms with Crippen LogP contribution in [-0.4, -0.2) is 53.7 Å². The molecule has 5 rings (SSSR count). The molecule has 1 aliphatic heterocycles. The maximum atomic E-state index is 13.9. The first-order chi connectivity index (χ1) is 18.3. The third kappa shape index (κ3) is 4.53. The van der Waals surface area contributed by atoms with Crippen LogP contribution in [0.2, 0.25) is 0 Å². The van der Waals surface area contributed by atoms with E-state index in [0.717, 1.165) is 34.0 Å². The number of piperidine rings is 1. The molecule has 1 atom stereocenters. The Kier molecular flexibility index (Phi) is 6.72. The Balaban J connectivity index is 1.64. The van der Waals surface area contributed by atoms with Gasteiger partial charge in [0.25, 0.3) is 5.56 Å². The van der Waals surface area contributed by atoms with Crippen molar-refractivity contribution < 1.29 is 4.79 Å². The highest BCUT2D eigenvalue weighted by atomic mass is 16.2. The number of anilines is 1. The monoisotopic (exact) mass is 514 g/mol. The maximum absolute atomic E-state index is 13.9. The second kappa shape index (κ2) is 10.1. The van der Waals surface area contributed by atoms with Crippen molar-refractivity contribution in [2.45, 2.75) is 52.7 Å². The van der Waals surface area contributed by atoms with Gasteiger partial charge in [0.1, 0.15) is 5.82 Å². The second-order valence-electron chi connectivity index (χ2n) is 9.56. The third-order valence-corrected chi connectivity index (χ3v) is 6.88. The molecule has 0 unspecified atom stereocenters. The van der Waals surface area contributed by atoms with Crippen LogP contribution in [0.15, 0.2) is 33.9 Å². The number of rotatable bonds is 5. The first kappa shape index (κ1) is 25.2. The topological polar surface area (TPSA) is 120 Å². The van der Waals surface area contributed by atoms with E-state index in [1.165, 1.54) is 11.5 Å². The molecule has 4 heterocycles. The van der Waals surface area contributed by atoms with Gasteiger partial charge in [-0.05, 0) is 32.8 Å². The number of carbonyl (C=O) groups excluding carboxylic acids is 1. The second-order valence-corrected chi connectivity index (χ2v) is 9.56. The smallest absolute Gasteiger partial charge is 0.332 e. The molecule has 196 valence electrons. The van der Waals surface area contributed by atoms with Crippen molar-refractivity contribution in [3.8, 4) is 11.8 Å². The number of hydrogen-bond donors (Lipinski definition) is 1. The van der Waals surface area contributed by atoms with Crippen molar-refractivity contribution >= 4 is 33.9 Å². The molecule has 0 radical (unpaired) electrons. The molecule has 38 heavy (non-hydrogen) atoms. The summed E-state index contributed by atoms with van der Waals surface area (Å²) in [5.41, 5.74) is 1.16. The number of hydrogen-bond acceptors (Lipinski definition) is 7. The Morgan fingerprint density at radius 3 is 2.71 bits per heavy atom. The highest BCUT2D eigenvalue weighted by molar-refractivity contribution is 5.80. The zero-order chi connectivity index (χ0) is 27.0. The number of nitrogens with one attached hydrogen (secondary N) is 1. The highest BCUT2D eigenvalue weighted by Gasteiger charge is 2.27. The van der Waals surface area contributed by atoms with Crippen LogP contribution in [0.3, 0.4) is 0 Å². The molecule has 1 fully saturated rings. The van der Waals surface area contributed by atoms with Crippen LogP contribution in [0.4, 0.5) is 5.95 Å². The summed E-state index contributed by atoms with van der Waals surface area (Å²) in [6.07, 6.45) is 1.72. The fraction of sp³-hybridized carbons (Fsp3) is 0.407. The summed E-state index contributed by atoms with van der Waals surface area (Å²) in [6, 6.07) is 7.61. The number of aryl methyl sites for hydroxylation is 2. The molecule has 1 aliphatic rings. The van der Waals surface area contributed by atoms with Gasteiger partial charge in [0.15, 0.2) is 11.2 Å². The zero-order valence-electron chi connectivity index (χ0n) is 22.0. The van der Waals surface area contributed by atoms with E-state index in [4.69, 9.17) is 4.98 Å². The molecule has 1 aromatic carbocycles.